The van der Waals surface area contributed by atoms with Crippen LogP contribution in [0.2, 0.25) is 0 Å². The Balaban J connectivity index is 2.86. The molecule has 0 aliphatic rings. The van der Waals surface area contributed by atoms with Crippen molar-refractivity contribution in [3.05, 3.63) is 35.9 Å². The molecule has 12 heavy (non-hydrogen) atoms. The molecule has 0 heterocycles. The second-order valence-corrected chi connectivity index (χ2v) is 4.16. The van der Waals surface area contributed by atoms with Gasteiger partial charge in [-0.05, 0) is 11.0 Å². The molecule has 0 bridgehead atoms. The molecule has 0 spiro atoms. The van der Waals surface area contributed by atoms with E-state index in [9.17, 15) is 5.11 Å². The molecule has 0 amide bonds. The highest BCUT2D eigenvalue weighted by Crippen LogP contribution is 2.32. The van der Waals surface area contributed by atoms with E-state index < -0.39 is 6.10 Å². The van der Waals surface area contributed by atoms with Gasteiger partial charge in [0.05, 0.1) is 0 Å². The molecule has 1 atom stereocenters. The van der Waals surface area contributed by atoms with Crippen molar-refractivity contribution in [3.63, 3.8) is 0 Å². The lowest BCUT2D eigenvalue weighted by atomic mass is 9.85. The van der Waals surface area contributed by atoms with Crippen molar-refractivity contribution in [3.8, 4) is 0 Å². The first-order valence-electron chi connectivity index (χ1n) is 4.22. The Morgan fingerprint density at radius 3 is 2.00 bits per heavy atom. The molecule has 1 aromatic carbocycles. The molecule has 1 heteroatoms. The molecular formula is C11H15O. The van der Waals surface area contributed by atoms with E-state index in [1.807, 2.05) is 51.1 Å². The van der Waals surface area contributed by atoms with Crippen molar-refractivity contribution >= 4 is 0 Å². The fourth-order valence-corrected chi connectivity index (χ4v) is 1.13. The first kappa shape index (κ1) is 9.27. The SMILES string of the molecule is CC(C)(C)C([O])c1ccccc1. The van der Waals surface area contributed by atoms with E-state index in [0.717, 1.165) is 5.56 Å². The van der Waals surface area contributed by atoms with Gasteiger partial charge in [-0.25, -0.2) is 5.11 Å². The number of rotatable bonds is 1. The van der Waals surface area contributed by atoms with E-state index in [1.54, 1.807) is 0 Å². The highest BCUT2D eigenvalue weighted by Gasteiger charge is 2.24. The molecule has 0 aromatic heterocycles. The molecule has 1 unspecified atom stereocenters. The minimum atomic E-state index is -0.626. The van der Waals surface area contributed by atoms with Crippen LogP contribution in [0.25, 0.3) is 0 Å². The second kappa shape index (κ2) is 3.28. The van der Waals surface area contributed by atoms with Gasteiger partial charge in [-0.15, -0.1) is 0 Å². The summed E-state index contributed by atoms with van der Waals surface area (Å²) < 4.78 is 0. The highest BCUT2D eigenvalue weighted by molar-refractivity contribution is 5.18. The molecule has 0 saturated carbocycles. The molecule has 65 valence electrons. The molecule has 0 aliphatic carbocycles. The first-order chi connectivity index (χ1) is 5.52. The predicted octanol–water partition coefficient (Wildman–Crippen LogP) is 3.20. The topological polar surface area (TPSA) is 19.9 Å². The van der Waals surface area contributed by atoms with Crippen LogP contribution in [-0.4, -0.2) is 0 Å². The van der Waals surface area contributed by atoms with Crippen LogP contribution in [0.4, 0.5) is 0 Å². The van der Waals surface area contributed by atoms with Gasteiger partial charge in [-0.2, -0.15) is 0 Å². The highest BCUT2D eigenvalue weighted by atomic mass is 16.3. The zero-order valence-corrected chi connectivity index (χ0v) is 7.87. The van der Waals surface area contributed by atoms with Crippen LogP contribution in [0, 0.1) is 5.41 Å². The smallest absolute Gasteiger partial charge is 0.123 e. The van der Waals surface area contributed by atoms with Crippen molar-refractivity contribution < 1.29 is 5.11 Å². The van der Waals surface area contributed by atoms with Crippen molar-refractivity contribution in [2.24, 2.45) is 5.41 Å². The maximum Gasteiger partial charge on any atom is 0.123 e. The summed E-state index contributed by atoms with van der Waals surface area (Å²) in [5.74, 6) is 0. The number of benzene rings is 1. The van der Waals surface area contributed by atoms with E-state index in [0.29, 0.717) is 0 Å². The summed E-state index contributed by atoms with van der Waals surface area (Å²) >= 11 is 0. The molecule has 0 saturated heterocycles. The van der Waals surface area contributed by atoms with Crippen LogP contribution in [0.15, 0.2) is 30.3 Å². The maximum absolute atomic E-state index is 11.7. The minimum absolute atomic E-state index is 0.193. The van der Waals surface area contributed by atoms with Crippen molar-refractivity contribution in [2.45, 2.75) is 26.9 Å². The van der Waals surface area contributed by atoms with Crippen molar-refractivity contribution in [1.29, 1.82) is 0 Å². The van der Waals surface area contributed by atoms with Gasteiger partial charge in [0.2, 0.25) is 0 Å². The van der Waals surface area contributed by atoms with Crippen LogP contribution in [-0.2, 0) is 5.11 Å². The molecule has 0 aliphatic heterocycles. The summed E-state index contributed by atoms with van der Waals surface area (Å²) in [6, 6.07) is 9.53. The quantitative estimate of drug-likeness (QED) is 0.606. The monoisotopic (exact) mass is 163 g/mol. The molecule has 1 radical (unpaired) electrons. The summed E-state index contributed by atoms with van der Waals surface area (Å²) in [5.41, 5.74) is 0.687. The third kappa shape index (κ3) is 2.08. The third-order valence-corrected chi connectivity index (χ3v) is 1.89. The average Bonchev–Trinajstić information content (AvgIpc) is 2.03. The Hall–Kier alpha value is -0.820. The zero-order valence-electron chi connectivity index (χ0n) is 7.87. The van der Waals surface area contributed by atoms with Crippen LogP contribution < -0.4 is 0 Å². The van der Waals surface area contributed by atoms with Gasteiger partial charge >= 0.3 is 0 Å². The summed E-state index contributed by atoms with van der Waals surface area (Å²) in [7, 11) is 0. The molecule has 1 aromatic rings. The van der Waals surface area contributed by atoms with Gasteiger partial charge in [-0.3, -0.25) is 0 Å². The third-order valence-electron chi connectivity index (χ3n) is 1.89. The molecule has 1 nitrogen and oxygen atoms in total. The van der Waals surface area contributed by atoms with Gasteiger partial charge < -0.3 is 0 Å². The first-order valence-corrected chi connectivity index (χ1v) is 4.22. The fraction of sp³-hybridized carbons (Fsp3) is 0.455. The van der Waals surface area contributed by atoms with Crippen LogP contribution in [0.1, 0.15) is 32.4 Å². The van der Waals surface area contributed by atoms with E-state index in [-0.39, 0.29) is 5.41 Å². The number of hydrogen-bond acceptors (Lipinski definition) is 0. The van der Waals surface area contributed by atoms with Gasteiger partial charge in [0.1, 0.15) is 6.10 Å². The Bertz CT molecular complexity index is 233. The Morgan fingerprint density at radius 1 is 1.08 bits per heavy atom. The normalized spacial score (nSPS) is 14.3. The standard InChI is InChI=1S/C11H15O/c1-11(2,3)10(12)9-7-5-4-6-8-9/h4-8,10H,1-3H3. The van der Waals surface area contributed by atoms with Gasteiger partial charge in [-0.1, -0.05) is 51.1 Å². The Morgan fingerprint density at radius 2 is 1.58 bits per heavy atom. The van der Waals surface area contributed by atoms with Crippen LogP contribution >= 0.6 is 0 Å². The number of hydrogen-bond donors (Lipinski definition) is 0. The average molecular weight is 163 g/mol. The van der Waals surface area contributed by atoms with E-state index >= 15 is 0 Å². The van der Waals surface area contributed by atoms with Crippen LogP contribution in [0.3, 0.4) is 0 Å². The summed E-state index contributed by atoms with van der Waals surface area (Å²) in [6.07, 6.45) is -0.626. The van der Waals surface area contributed by atoms with Crippen molar-refractivity contribution in [2.75, 3.05) is 0 Å². The predicted molar refractivity (Wildman–Crippen MR) is 49.3 cm³/mol. The van der Waals surface area contributed by atoms with Gasteiger partial charge in [0.15, 0.2) is 0 Å². The summed E-state index contributed by atoms with van der Waals surface area (Å²) in [4.78, 5) is 0. The Kier molecular flexibility index (Phi) is 2.53. The molecule has 0 fully saturated rings. The lowest BCUT2D eigenvalue weighted by Crippen LogP contribution is -2.16. The zero-order chi connectivity index (χ0) is 9.19. The molecule has 1 rings (SSSR count). The van der Waals surface area contributed by atoms with E-state index in [2.05, 4.69) is 0 Å². The van der Waals surface area contributed by atoms with Gasteiger partial charge in [0.25, 0.3) is 0 Å². The second-order valence-electron chi connectivity index (χ2n) is 4.16. The lowest BCUT2D eigenvalue weighted by Gasteiger charge is -2.23. The Labute approximate surface area is 74.1 Å². The van der Waals surface area contributed by atoms with Crippen LogP contribution in [0.5, 0.6) is 0 Å². The largest absolute Gasteiger partial charge is 0.227 e. The molecular weight excluding hydrogens is 148 g/mol. The van der Waals surface area contributed by atoms with E-state index in [1.165, 1.54) is 0 Å². The minimum Gasteiger partial charge on any atom is -0.227 e. The summed E-state index contributed by atoms with van der Waals surface area (Å²) in [6.45, 7) is 5.91. The van der Waals surface area contributed by atoms with Gasteiger partial charge in [0, 0.05) is 0 Å². The summed E-state index contributed by atoms with van der Waals surface area (Å²) in [5, 5.41) is 11.7. The molecule has 0 N–H and O–H groups in total. The fourth-order valence-electron chi connectivity index (χ4n) is 1.13. The van der Waals surface area contributed by atoms with E-state index in [4.69, 9.17) is 0 Å². The lowest BCUT2D eigenvalue weighted by molar-refractivity contribution is -0.00150. The maximum atomic E-state index is 11.7. The van der Waals surface area contributed by atoms with Crippen molar-refractivity contribution in [1.82, 2.24) is 0 Å².